The van der Waals surface area contributed by atoms with E-state index < -0.39 is 0 Å². The van der Waals surface area contributed by atoms with E-state index in [2.05, 4.69) is 102 Å². The zero-order valence-electron chi connectivity index (χ0n) is 42.8. The van der Waals surface area contributed by atoms with Crippen molar-refractivity contribution in [1.82, 2.24) is 30.6 Å². The number of carbonyl (C=O) groups is 2. The highest BCUT2D eigenvalue weighted by molar-refractivity contribution is 6.02. The third-order valence-electron chi connectivity index (χ3n) is 11.6. The molecule has 6 aromatic carbocycles. The Morgan fingerprint density at radius 2 is 0.813 bits per heavy atom. The average molecular weight is 1000 g/mol. The molecule has 75 heavy (non-hydrogen) atoms. The van der Waals surface area contributed by atoms with E-state index in [4.69, 9.17) is 5.73 Å². The summed E-state index contributed by atoms with van der Waals surface area (Å²) in [6, 6.07) is 52.5. The number of aromatic nitrogens is 6. The molecule has 0 radical (unpaired) electrons. The molecule has 9 rings (SSSR count). The predicted octanol–water partition coefficient (Wildman–Crippen LogP) is 14.8. The minimum Gasteiger partial charge on any atom is -0.396 e. The number of hydrogen-bond donors (Lipinski definition) is 8. The molecule has 0 unspecified atom stereocenters. The highest BCUT2D eigenvalue weighted by Crippen LogP contribution is 2.27. The van der Waals surface area contributed by atoms with Crippen molar-refractivity contribution < 1.29 is 14.4 Å². The number of anilines is 5. The van der Waals surface area contributed by atoms with E-state index in [9.17, 15) is 14.4 Å². The fourth-order valence-corrected chi connectivity index (χ4v) is 7.55. The van der Waals surface area contributed by atoms with Gasteiger partial charge in [0.2, 0.25) is 6.08 Å². The molecule has 0 aliphatic carbocycles. The van der Waals surface area contributed by atoms with Gasteiger partial charge in [-0.2, -0.15) is 20.3 Å². The minimum atomic E-state index is -0.292. The van der Waals surface area contributed by atoms with Crippen molar-refractivity contribution in [2.75, 3.05) is 27.0 Å². The lowest BCUT2D eigenvalue weighted by Gasteiger charge is -2.09. The lowest BCUT2D eigenvalue weighted by atomic mass is 10.1. The molecular formula is C60H66N12O3. The standard InChI is InChI=1S/2C20H22N4O.C11H13NO.C9H9N3/c2*1-2-3-7-15-10-12-17(13-11-15)22-20(25)23-18-14-21-24-19(18)16-8-5-4-6-9-16;1-2-3-4-10-5-7-11(8-6-10)12-9-13;10-8-6-11-12-9(8)7-4-2-1-3-5-7/h2*4-6,8-14H,2-3,7H2,1H3,(H,21,24)(H2,22,23,25);5-8H,2-4H2,1H3;1-6H,10H2,(H,11,12). The van der Waals surface area contributed by atoms with Gasteiger partial charge in [-0.25, -0.2) is 14.4 Å². The number of isocyanates is 1. The SMILES string of the molecule is CCCCc1ccc(N=C=O)cc1.CCCCc1ccc(NC(=O)Nc2cn[nH]c2-c2ccccc2)cc1.CCCCc1ccc(NC(=O)Nc2cn[nH]c2-c2ccccc2)cc1.Nc1cn[nH]c1-c1ccccc1. The largest absolute Gasteiger partial charge is 0.396 e. The number of unbranched alkanes of at least 4 members (excludes halogenated alkanes) is 3. The lowest BCUT2D eigenvalue weighted by molar-refractivity contribution is 0.261. The van der Waals surface area contributed by atoms with Crippen LogP contribution in [0.1, 0.15) is 76.0 Å². The molecular weight excluding hydrogens is 937 g/mol. The lowest BCUT2D eigenvalue weighted by Crippen LogP contribution is -2.19. The first-order valence-corrected chi connectivity index (χ1v) is 25.3. The second-order valence-electron chi connectivity index (χ2n) is 17.3. The van der Waals surface area contributed by atoms with Crippen LogP contribution in [0.4, 0.5) is 43.7 Å². The number of nitrogens with two attached hydrogens (primary N) is 1. The average Bonchev–Trinajstić information content (AvgIpc) is 4.23. The van der Waals surface area contributed by atoms with Crippen molar-refractivity contribution in [3.63, 3.8) is 0 Å². The third kappa shape index (κ3) is 18.3. The molecule has 15 nitrogen and oxygen atoms in total. The number of nitrogens with zero attached hydrogens (tertiary/aromatic N) is 4. The maximum absolute atomic E-state index is 12.3. The Balaban J connectivity index is 0.000000171. The number of nitrogen functional groups attached to an aromatic ring is 1. The summed E-state index contributed by atoms with van der Waals surface area (Å²) in [6.07, 6.45) is 16.7. The molecule has 384 valence electrons. The fraction of sp³-hybridized carbons (Fsp3) is 0.200. The molecule has 15 heteroatoms. The molecule has 0 aliphatic heterocycles. The summed E-state index contributed by atoms with van der Waals surface area (Å²) >= 11 is 0. The number of hydrogen-bond acceptors (Lipinski definition) is 8. The Bertz CT molecular complexity index is 2950. The summed E-state index contributed by atoms with van der Waals surface area (Å²) in [7, 11) is 0. The number of benzene rings is 6. The van der Waals surface area contributed by atoms with E-state index in [1.807, 2.05) is 140 Å². The first kappa shape index (κ1) is 55.0. The number of carbonyl (C=O) groups excluding carboxylic acids is 3. The van der Waals surface area contributed by atoms with Gasteiger partial charge in [0.15, 0.2) is 0 Å². The summed E-state index contributed by atoms with van der Waals surface area (Å²) in [5.74, 6) is 0. The number of rotatable bonds is 17. The summed E-state index contributed by atoms with van der Waals surface area (Å²) in [4.78, 5) is 38.0. The number of H-pyrrole nitrogens is 3. The van der Waals surface area contributed by atoms with Crippen LogP contribution >= 0.6 is 0 Å². The first-order chi connectivity index (χ1) is 36.8. The molecule has 4 amide bonds. The van der Waals surface area contributed by atoms with Crippen LogP contribution in [-0.2, 0) is 24.1 Å². The van der Waals surface area contributed by atoms with E-state index in [-0.39, 0.29) is 12.1 Å². The molecule has 0 saturated heterocycles. The predicted molar refractivity (Wildman–Crippen MR) is 305 cm³/mol. The fourth-order valence-electron chi connectivity index (χ4n) is 7.55. The minimum absolute atomic E-state index is 0.292. The van der Waals surface area contributed by atoms with Crippen LogP contribution in [0.5, 0.6) is 0 Å². The summed E-state index contributed by atoms with van der Waals surface area (Å²) < 4.78 is 0. The Morgan fingerprint density at radius 1 is 0.467 bits per heavy atom. The van der Waals surface area contributed by atoms with Crippen molar-refractivity contribution in [1.29, 1.82) is 0 Å². The van der Waals surface area contributed by atoms with Crippen molar-refractivity contribution in [3.05, 3.63) is 199 Å². The monoisotopic (exact) mass is 1000 g/mol. The molecule has 0 bridgehead atoms. The first-order valence-electron chi connectivity index (χ1n) is 25.3. The van der Waals surface area contributed by atoms with Crippen molar-refractivity contribution in [2.45, 2.75) is 78.6 Å². The van der Waals surface area contributed by atoms with Crippen LogP contribution in [0.2, 0.25) is 0 Å². The van der Waals surface area contributed by atoms with Crippen molar-refractivity contribution in [3.8, 4) is 33.8 Å². The molecule has 9 N–H and O–H groups in total. The molecule has 0 spiro atoms. The molecule has 3 aromatic heterocycles. The van der Waals surface area contributed by atoms with Crippen LogP contribution in [0.25, 0.3) is 33.8 Å². The molecule has 0 saturated carbocycles. The Kier molecular flexibility index (Phi) is 22.4. The number of nitrogens with one attached hydrogen (secondary N) is 7. The Morgan fingerprint density at radius 3 is 1.16 bits per heavy atom. The van der Waals surface area contributed by atoms with Gasteiger partial charge in [-0.3, -0.25) is 15.3 Å². The highest BCUT2D eigenvalue weighted by Gasteiger charge is 2.13. The third-order valence-corrected chi connectivity index (χ3v) is 11.6. The Hall–Kier alpha value is -9.33. The number of aromatic amines is 3. The van der Waals surface area contributed by atoms with E-state index in [1.165, 1.54) is 61.3 Å². The van der Waals surface area contributed by atoms with Crippen LogP contribution in [0.3, 0.4) is 0 Å². The second kappa shape index (κ2) is 30.5. The van der Waals surface area contributed by atoms with E-state index in [0.29, 0.717) is 22.7 Å². The number of aryl methyl sites for hydroxylation is 3. The van der Waals surface area contributed by atoms with E-state index in [1.54, 1.807) is 18.6 Å². The Labute approximate surface area is 438 Å². The normalized spacial score (nSPS) is 10.2. The topological polar surface area (TPSA) is 224 Å². The smallest absolute Gasteiger partial charge is 0.323 e. The second-order valence-corrected chi connectivity index (χ2v) is 17.3. The van der Waals surface area contributed by atoms with Gasteiger partial charge in [0, 0.05) is 28.1 Å². The van der Waals surface area contributed by atoms with Gasteiger partial charge < -0.3 is 27.0 Å². The van der Waals surface area contributed by atoms with Crippen LogP contribution in [0.15, 0.2) is 187 Å². The van der Waals surface area contributed by atoms with Gasteiger partial charge >= 0.3 is 12.1 Å². The number of aliphatic imine (C=N–C) groups is 1. The van der Waals surface area contributed by atoms with E-state index in [0.717, 1.165) is 64.4 Å². The van der Waals surface area contributed by atoms with Gasteiger partial charge in [-0.05, 0) is 91.6 Å². The number of amides is 4. The zero-order valence-corrected chi connectivity index (χ0v) is 42.8. The van der Waals surface area contributed by atoms with Crippen molar-refractivity contribution >= 4 is 52.3 Å². The maximum Gasteiger partial charge on any atom is 0.323 e. The highest BCUT2D eigenvalue weighted by atomic mass is 16.2. The summed E-state index contributed by atoms with van der Waals surface area (Å²) in [6.45, 7) is 6.53. The number of urea groups is 2. The van der Waals surface area contributed by atoms with Gasteiger partial charge in [0.25, 0.3) is 0 Å². The van der Waals surface area contributed by atoms with Gasteiger partial charge in [0.05, 0.1) is 58.4 Å². The van der Waals surface area contributed by atoms with Gasteiger partial charge in [-0.15, -0.1) is 0 Å². The summed E-state index contributed by atoms with van der Waals surface area (Å²) in [5, 5.41) is 32.0. The zero-order chi connectivity index (χ0) is 52.9. The maximum atomic E-state index is 12.3. The quantitative estimate of drug-likeness (QED) is 0.0325. The van der Waals surface area contributed by atoms with E-state index >= 15 is 0 Å². The van der Waals surface area contributed by atoms with Gasteiger partial charge in [0.1, 0.15) is 0 Å². The molecule has 0 fully saturated rings. The molecule has 3 heterocycles. The van der Waals surface area contributed by atoms with Crippen molar-refractivity contribution in [2.24, 2.45) is 4.99 Å². The summed E-state index contributed by atoms with van der Waals surface area (Å²) in [5.41, 5.74) is 19.2. The van der Waals surface area contributed by atoms with Gasteiger partial charge in [-0.1, -0.05) is 167 Å². The van der Waals surface area contributed by atoms with Crippen LogP contribution < -0.4 is 27.0 Å². The molecule has 9 aromatic rings. The molecule has 0 aliphatic rings. The van der Waals surface area contributed by atoms with Crippen LogP contribution in [-0.4, -0.2) is 48.7 Å². The van der Waals surface area contributed by atoms with Crippen LogP contribution in [0, 0.1) is 0 Å². The molecule has 0 atom stereocenters.